The van der Waals surface area contributed by atoms with Crippen LogP contribution in [-0.2, 0) is 4.79 Å². The van der Waals surface area contributed by atoms with Crippen LogP contribution in [0.25, 0.3) is 10.9 Å². The van der Waals surface area contributed by atoms with Gasteiger partial charge in [0.15, 0.2) is 5.13 Å². The number of carbonyl (C=O) groups is 1. The molecule has 3 rings (SSSR count). The molecular formula is C17H14N4O2S2. The zero-order chi connectivity index (χ0) is 17.6. The number of rotatable bonds is 6. The molecule has 2 aromatic heterocycles. The number of hydrogen-bond acceptors (Lipinski definition) is 7. The fourth-order valence-corrected chi connectivity index (χ4v) is 3.47. The summed E-state index contributed by atoms with van der Waals surface area (Å²) < 4.78 is 5.47. The number of thiazole rings is 1. The third-order valence-corrected chi connectivity index (χ3v) is 4.88. The van der Waals surface area contributed by atoms with E-state index in [0.717, 1.165) is 16.7 Å². The maximum atomic E-state index is 12.0. The van der Waals surface area contributed by atoms with Gasteiger partial charge in [-0.25, -0.2) is 9.97 Å². The van der Waals surface area contributed by atoms with Crippen molar-refractivity contribution in [2.75, 3.05) is 17.7 Å². The number of benzene rings is 1. The molecule has 0 unspecified atom stereocenters. The summed E-state index contributed by atoms with van der Waals surface area (Å²) in [5.74, 6) is 0.713. The molecule has 0 radical (unpaired) electrons. The quantitative estimate of drug-likeness (QED) is 0.666. The monoisotopic (exact) mass is 370 g/mol. The minimum Gasteiger partial charge on any atom is -0.494 e. The second kappa shape index (κ2) is 7.96. The lowest BCUT2D eigenvalue weighted by atomic mass is 10.1. The lowest BCUT2D eigenvalue weighted by molar-refractivity contribution is -0.113. The van der Waals surface area contributed by atoms with Gasteiger partial charge in [0.05, 0.1) is 23.4 Å². The molecule has 126 valence electrons. The molecule has 0 saturated carbocycles. The fraction of sp³-hybridized carbons (Fsp3) is 0.176. The van der Waals surface area contributed by atoms with Gasteiger partial charge in [0.2, 0.25) is 5.91 Å². The van der Waals surface area contributed by atoms with Crippen LogP contribution in [0.4, 0.5) is 5.13 Å². The van der Waals surface area contributed by atoms with E-state index in [2.05, 4.69) is 21.4 Å². The number of ether oxygens (including phenoxy) is 1. The van der Waals surface area contributed by atoms with Crippen molar-refractivity contribution in [3.05, 3.63) is 41.4 Å². The maximum Gasteiger partial charge on any atom is 0.236 e. The Balaban J connectivity index is 1.77. The third-order valence-electron chi connectivity index (χ3n) is 3.20. The van der Waals surface area contributed by atoms with Gasteiger partial charge in [-0.2, -0.15) is 5.26 Å². The molecule has 0 aliphatic carbocycles. The van der Waals surface area contributed by atoms with E-state index in [-0.39, 0.29) is 11.7 Å². The van der Waals surface area contributed by atoms with Crippen molar-refractivity contribution in [2.45, 2.75) is 11.9 Å². The highest BCUT2D eigenvalue weighted by Gasteiger charge is 2.11. The number of fused-ring (bicyclic) bond motifs is 1. The van der Waals surface area contributed by atoms with Gasteiger partial charge < -0.3 is 10.1 Å². The molecule has 0 bridgehead atoms. The average Bonchev–Trinajstić information content (AvgIpc) is 3.12. The van der Waals surface area contributed by atoms with Crippen molar-refractivity contribution in [1.29, 1.82) is 5.26 Å². The lowest BCUT2D eigenvalue weighted by Crippen LogP contribution is -2.14. The van der Waals surface area contributed by atoms with Gasteiger partial charge >= 0.3 is 0 Å². The van der Waals surface area contributed by atoms with Crippen LogP contribution in [0.5, 0.6) is 5.75 Å². The summed E-state index contributed by atoms with van der Waals surface area (Å²) in [7, 11) is 0. The van der Waals surface area contributed by atoms with E-state index in [9.17, 15) is 10.1 Å². The maximum absolute atomic E-state index is 12.0. The number of anilines is 1. The first-order valence-corrected chi connectivity index (χ1v) is 9.36. The summed E-state index contributed by atoms with van der Waals surface area (Å²) in [4.78, 5) is 20.5. The molecule has 8 heteroatoms. The molecule has 25 heavy (non-hydrogen) atoms. The van der Waals surface area contributed by atoms with Crippen LogP contribution in [0.1, 0.15) is 12.5 Å². The van der Waals surface area contributed by atoms with E-state index < -0.39 is 0 Å². The first-order valence-electron chi connectivity index (χ1n) is 7.49. The van der Waals surface area contributed by atoms with Crippen LogP contribution in [0.2, 0.25) is 0 Å². The zero-order valence-corrected chi connectivity index (χ0v) is 15.0. The Kier molecular flexibility index (Phi) is 5.48. The van der Waals surface area contributed by atoms with Crippen molar-refractivity contribution in [1.82, 2.24) is 9.97 Å². The molecule has 0 spiro atoms. The van der Waals surface area contributed by atoms with Crippen LogP contribution in [0.15, 0.2) is 40.9 Å². The van der Waals surface area contributed by atoms with Crippen molar-refractivity contribution in [3.8, 4) is 11.8 Å². The van der Waals surface area contributed by atoms with Crippen LogP contribution >= 0.6 is 23.1 Å². The van der Waals surface area contributed by atoms with Crippen molar-refractivity contribution in [2.24, 2.45) is 0 Å². The van der Waals surface area contributed by atoms with Gasteiger partial charge in [-0.3, -0.25) is 4.79 Å². The first kappa shape index (κ1) is 17.2. The van der Waals surface area contributed by atoms with E-state index in [1.165, 1.54) is 23.1 Å². The number of carbonyl (C=O) groups excluding carboxylic acids is 1. The predicted octanol–water partition coefficient (Wildman–Crippen LogP) is 3.69. The highest BCUT2D eigenvalue weighted by molar-refractivity contribution is 8.00. The van der Waals surface area contributed by atoms with E-state index >= 15 is 0 Å². The molecule has 0 saturated heterocycles. The molecule has 1 amide bonds. The van der Waals surface area contributed by atoms with E-state index in [1.807, 2.05) is 25.1 Å². The molecule has 0 atom stereocenters. The van der Waals surface area contributed by atoms with E-state index in [4.69, 9.17) is 4.74 Å². The van der Waals surface area contributed by atoms with Gasteiger partial charge in [0.25, 0.3) is 0 Å². The van der Waals surface area contributed by atoms with Crippen LogP contribution in [-0.4, -0.2) is 28.2 Å². The number of pyridine rings is 1. The number of thioether (sulfide) groups is 1. The van der Waals surface area contributed by atoms with Crippen LogP contribution < -0.4 is 10.1 Å². The Hall–Kier alpha value is -2.63. The molecule has 0 aliphatic rings. The highest BCUT2D eigenvalue weighted by atomic mass is 32.2. The molecule has 1 N–H and O–H groups in total. The highest BCUT2D eigenvalue weighted by Crippen LogP contribution is 2.27. The minimum atomic E-state index is -0.183. The van der Waals surface area contributed by atoms with Gasteiger partial charge in [-0.1, -0.05) is 11.8 Å². The average molecular weight is 370 g/mol. The largest absolute Gasteiger partial charge is 0.494 e. The molecule has 1 aromatic carbocycles. The molecular weight excluding hydrogens is 356 g/mol. The van der Waals surface area contributed by atoms with Crippen molar-refractivity contribution in [3.63, 3.8) is 0 Å². The third kappa shape index (κ3) is 4.26. The summed E-state index contributed by atoms with van der Waals surface area (Å²) in [5.41, 5.74) is 1.19. The summed E-state index contributed by atoms with van der Waals surface area (Å²) >= 11 is 2.59. The Morgan fingerprint density at radius 3 is 3.04 bits per heavy atom. The molecule has 3 aromatic rings. The number of nitriles is 1. The molecule has 2 heterocycles. The van der Waals surface area contributed by atoms with Crippen molar-refractivity contribution < 1.29 is 9.53 Å². The van der Waals surface area contributed by atoms with E-state index in [1.54, 1.807) is 17.6 Å². The number of hydrogen-bond donors (Lipinski definition) is 1. The Morgan fingerprint density at radius 1 is 1.44 bits per heavy atom. The van der Waals surface area contributed by atoms with Crippen LogP contribution in [0, 0.1) is 11.3 Å². The Labute approximate surface area is 152 Å². The van der Waals surface area contributed by atoms with Gasteiger partial charge in [-0.15, -0.1) is 11.3 Å². The molecule has 0 fully saturated rings. The number of aromatic nitrogens is 2. The van der Waals surface area contributed by atoms with E-state index in [0.29, 0.717) is 22.3 Å². The zero-order valence-electron chi connectivity index (χ0n) is 13.4. The summed E-state index contributed by atoms with van der Waals surface area (Å²) in [6.45, 7) is 2.49. The fourth-order valence-electron chi connectivity index (χ4n) is 2.16. The lowest BCUT2D eigenvalue weighted by Gasteiger charge is -2.08. The summed E-state index contributed by atoms with van der Waals surface area (Å²) in [6, 6.07) is 9.46. The summed E-state index contributed by atoms with van der Waals surface area (Å²) in [5, 5.41) is 15.8. The van der Waals surface area contributed by atoms with Gasteiger partial charge in [0.1, 0.15) is 16.8 Å². The van der Waals surface area contributed by atoms with Gasteiger partial charge in [0, 0.05) is 17.0 Å². The van der Waals surface area contributed by atoms with Crippen LogP contribution in [0.3, 0.4) is 0 Å². The molecule has 6 nitrogen and oxygen atoms in total. The standard InChI is InChI=1S/C17H14N4O2S2/c1-2-23-13-3-4-14-11(8-13)7-12(9-18)16(20-14)25-10-15(22)21-17-19-5-6-24-17/h3-8H,2,10H2,1H3,(H,19,21,22). The first-order chi connectivity index (χ1) is 12.2. The normalized spacial score (nSPS) is 10.4. The summed E-state index contributed by atoms with van der Waals surface area (Å²) in [6.07, 6.45) is 1.63. The van der Waals surface area contributed by atoms with Crippen molar-refractivity contribution >= 4 is 45.0 Å². The second-order valence-corrected chi connectivity index (χ2v) is 6.77. The SMILES string of the molecule is CCOc1ccc2nc(SCC(=O)Nc3nccs3)c(C#N)cc2c1. The number of nitrogens with zero attached hydrogens (tertiary/aromatic N) is 3. The van der Waals surface area contributed by atoms with Gasteiger partial charge in [-0.05, 0) is 31.2 Å². The Bertz CT molecular complexity index is 936. The molecule has 0 aliphatic heterocycles. The number of amides is 1. The smallest absolute Gasteiger partial charge is 0.236 e. The number of nitrogens with one attached hydrogen (secondary N) is 1. The topological polar surface area (TPSA) is 87.9 Å². The second-order valence-electron chi connectivity index (χ2n) is 4.91. The predicted molar refractivity (Wildman–Crippen MR) is 99.1 cm³/mol. The minimum absolute atomic E-state index is 0.157. The Morgan fingerprint density at radius 2 is 2.32 bits per heavy atom.